The molecule has 0 unspecified atom stereocenters. The summed E-state index contributed by atoms with van der Waals surface area (Å²) in [5.74, 6) is 0. The fraction of sp³-hybridized carbons (Fsp3) is 0.667. The van der Waals surface area contributed by atoms with Crippen LogP contribution in [-0.2, 0) is 16.6 Å². The van der Waals surface area contributed by atoms with Gasteiger partial charge in [-0.15, -0.1) is 11.3 Å². The van der Waals surface area contributed by atoms with Crippen molar-refractivity contribution in [2.45, 2.75) is 49.7 Å². The molecule has 1 heterocycles. The summed E-state index contributed by atoms with van der Waals surface area (Å²) in [6.45, 7) is 4.29. The molecule has 2 N–H and O–H groups in total. The Bertz CT molecular complexity index is 539. The zero-order chi connectivity index (χ0) is 16.1. The molecule has 1 aromatic heterocycles. The SMILES string of the molecule is CC(C)NCc1csc(S(=O)(=O)NCCCC(F)(F)F)c1. The third-order valence-electron chi connectivity index (χ3n) is 2.54. The molecule has 0 atom stereocenters. The van der Waals surface area contributed by atoms with E-state index in [9.17, 15) is 21.6 Å². The summed E-state index contributed by atoms with van der Waals surface area (Å²) < 4.78 is 62.0. The second-order valence-electron chi connectivity index (χ2n) is 4.93. The highest BCUT2D eigenvalue weighted by molar-refractivity contribution is 7.91. The van der Waals surface area contributed by atoms with Crippen LogP contribution in [0.3, 0.4) is 0 Å². The van der Waals surface area contributed by atoms with Gasteiger partial charge in [0.05, 0.1) is 0 Å². The van der Waals surface area contributed by atoms with Gasteiger partial charge in [-0.2, -0.15) is 13.2 Å². The third kappa shape index (κ3) is 7.25. The molecule has 0 spiro atoms. The highest BCUT2D eigenvalue weighted by atomic mass is 32.2. The number of hydrogen-bond donors (Lipinski definition) is 2. The summed E-state index contributed by atoms with van der Waals surface area (Å²) in [6, 6.07) is 1.82. The van der Waals surface area contributed by atoms with Gasteiger partial charge in [0.25, 0.3) is 0 Å². The lowest BCUT2D eigenvalue weighted by molar-refractivity contribution is -0.135. The van der Waals surface area contributed by atoms with Gasteiger partial charge in [-0.05, 0) is 23.4 Å². The first-order chi connectivity index (χ1) is 9.60. The third-order valence-corrected chi connectivity index (χ3v) is 5.49. The molecular weight excluding hydrogens is 325 g/mol. The average Bonchev–Trinajstić information content (AvgIpc) is 2.80. The van der Waals surface area contributed by atoms with Gasteiger partial charge < -0.3 is 5.32 Å². The highest BCUT2D eigenvalue weighted by Gasteiger charge is 2.26. The maximum atomic E-state index is 12.0. The fourth-order valence-electron chi connectivity index (χ4n) is 1.48. The van der Waals surface area contributed by atoms with Crippen molar-refractivity contribution in [3.05, 3.63) is 17.0 Å². The van der Waals surface area contributed by atoms with Gasteiger partial charge in [0.1, 0.15) is 4.21 Å². The maximum Gasteiger partial charge on any atom is 0.389 e. The zero-order valence-electron chi connectivity index (χ0n) is 11.8. The minimum Gasteiger partial charge on any atom is -0.310 e. The van der Waals surface area contributed by atoms with Crippen molar-refractivity contribution < 1.29 is 21.6 Å². The Labute approximate surface area is 126 Å². The van der Waals surface area contributed by atoms with Gasteiger partial charge in [0.15, 0.2) is 0 Å². The van der Waals surface area contributed by atoms with E-state index < -0.39 is 22.6 Å². The van der Waals surface area contributed by atoms with Crippen LogP contribution >= 0.6 is 11.3 Å². The lowest BCUT2D eigenvalue weighted by Gasteiger charge is -2.07. The molecule has 122 valence electrons. The molecule has 0 saturated heterocycles. The van der Waals surface area contributed by atoms with Gasteiger partial charge in [0, 0.05) is 25.6 Å². The molecule has 0 aliphatic rings. The van der Waals surface area contributed by atoms with Crippen LogP contribution in [0.1, 0.15) is 32.3 Å². The largest absolute Gasteiger partial charge is 0.389 e. The van der Waals surface area contributed by atoms with E-state index in [4.69, 9.17) is 0 Å². The number of hydrogen-bond acceptors (Lipinski definition) is 4. The van der Waals surface area contributed by atoms with Crippen molar-refractivity contribution in [3.8, 4) is 0 Å². The number of rotatable bonds is 8. The van der Waals surface area contributed by atoms with Crippen LogP contribution in [0.5, 0.6) is 0 Å². The number of nitrogens with one attached hydrogen (secondary N) is 2. The number of sulfonamides is 1. The van der Waals surface area contributed by atoms with E-state index in [0.29, 0.717) is 6.54 Å². The van der Waals surface area contributed by atoms with Crippen LogP contribution in [0.25, 0.3) is 0 Å². The molecule has 0 radical (unpaired) electrons. The van der Waals surface area contributed by atoms with Crippen molar-refractivity contribution in [1.82, 2.24) is 10.0 Å². The molecule has 0 bridgehead atoms. The Morgan fingerprint density at radius 1 is 1.33 bits per heavy atom. The van der Waals surface area contributed by atoms with E-state index in [1.54, 1.807) is 5.38 Å². The standard InChI is InChI=1S/C12H19F3N2O2S2/c1-9(2)16-7-10-6-11(20-8-10)21(18,19)17-5-3-4-12(13,14)15/h6,8-9,16-17H,3-5,7H2,1-2H3. The van der Waals surface area contributed by atoms with Gasteiger partial charge in [0.2, 0.25) is 10.0 Å². The van der Waals surface area contributed by atoms with Crippen molar-refractivity contribution in [3.63, 3.8) is 0 Å². The van der Waals surface area contributed by atoms with Crippen LogP contribution in [0.2, 0.25) is 0 Å². The minimum atomic E-state index is -4.26. The molecule has 0 aliphatic heterocycles. The van der Waals surface area contributed by atoms with E-state index >= 15 is 0 Å². The van der Waals surface area contributed by atoms with Gasteiger partial charge >= 0.3 is 6.18 Å². The molecule has 4 nitrogen and oxygen atoms in total. The van der Waals surface area contributed by atoms with Crippen LogP contribution in [0, 0.1) is 0 Å². The van der Waals surface area contributed by atoms with E-state index in [1.165, 1.54) is 6.07 Å². The lowest BCUT2D eigenvalue weighted by atomic mass is 10.3. The Morgan fingerprint density at radius 3 is 2.57 bits per heavy atom. The Morgan fingerprint density at radius 2 is 2.00 bits per heavy atom. The smallest absolute Gasteiger partial charge is 0.310 e. The Kier molecular flexibility index (Phi) is 6.64. The van der Waals surface area contributed by atoms with E-state index in [2.05, 4.69) is 10.0 Å². The molecular formula is C12H19F3N2O2S2. The number of alkyl halides is 3. The Balaban J connectivity index is 2.51. The first-order valence-corrected chi connectivity index (χ1v) is 8.83. The highest BCUT2D eigenvalue weighted by Crippen LogP contribution is 2.22. The molecule has 0 saturated carbocycles. The van der Waals surface area contributed by atoms with Crippen LogP contribution in [0.15, 0.2) is 15.7 Å². The summed E-state index contributed by atoms with van der Waals surface area (Å²) in [7, 11) is -3.72. The first kappa shape index (κ1) is 18.4. The average molecular weight is 344 g/mol. The van der Waals surface area contributed by atoms with Crippen molar-refractivity contribution in [2.75, 3.05) is 6.54 Å². The molecule has 21 heavy (non-hydrogen) atoms. The summed E-state index contributed by atoms with van der Waals surface area (Å²) in [5, 5.41) is 4.88. The molecule has 9 heteroatoms. The normalized spacial score (nSPS) is 13.0. The van der Waals surface area contributed by atoms with E-state index in [0.717, 1.165) is 16.9 Å². The predicted octanol–water partition coefficient (Wildman–Crippen LogP) is 2.87. The summed E-state index contributed by atoms with van der Waals surface area (Å²) >= 11 is 1.06. The van der Waals surface area contributed by atoms with Crippen molar-refractivity contribution in [2.24, 2.45) is 0 Å². The Hall–Kier alpha value is -0.640. The van der Waals surface area contributed by atoms with Gasteiger partial charge in [-0.3, -0.25) is 0 Å². The summed E-state index contributed by atoms with van der Waals surface area (Å²) in [6.07, 6.45) is -5.52. The van der Waals surface area contributed by atoms with Crippen LogP contribution in [-0.4, -0.2) is 27.2 Å². The molecule has 0 aromatic carbocycles. The second kappa shape index (κ2) is 7.57. The summed E-state index contributed by atoms with van der Waals surface area (Å²) in [5.41, 5.74) is 0.837. The second-order valence-corrected chi connectivity index (χ2v) is 7.83. The minimum absolute atomic E-state index is 0.120. The summed E-state index contributed by atoms with van der Waals surface area (Å²) in [4.78, 5) is 0. The van der Waals surface area contributed by atoms with E-state index in [-0.39, 0.29) is 23.2 Å². The molecule has 0 aliphatic carbocycles. The molecule has 0 fully saturated rings. The van der Waals surface area contributed by atoms with Crippen molar-refractivity contribution in [1.29, 1.82) is 0 Å². The lowest BCUT2D eigenvalue weighted by Crippen LogP contribution is -2.25. The van der Waals surface area contributed by atoms with E-state index in [1.807, 2.05) is 13.8 Å². The van der Waals surface area contributed by atoms with Gasteiger partial charge in [-0.1, -0.05) is 13.8 Å². The van der Waals surface area contributed by atoms with Crippen LogP contribution < -0.4 is 10.0 Å². The van der Waals surface area contributed by atoms with Crippen LogP contribution in [0.4, 0.5) is 13.2 Å². The predicted molar refractivity (Wildman–Crippen MR) is 76.8 cm³/mol. The molecule has 1 rings (SSSR count). The zero-order valence-corrected chi connectivity index (χ0v) is 13.5. The number of halogens is 3. The number of thiophene rings is 1. The molecule has 0 amide bonds. The fourth-order valence-corrected chi connectivity index (χ4v) is 3.80. The van der Waals surface area contributed by atoms with Crippen molar-refractivity contribution >= 4 is 21.4 Å². The van der Waals surface area contributed by atoms with Gasteiger partial charge in [-0.25, -0.2) is 13.1 Å². The monoisotopic (exact) mass is 344 g/mol. The maximum absolute atomic E-state index is 12.0. The topological polar surface area (TPSA) is 58.2 Å². The molecule has 1 aromatic rings. The quantitative estimate of drug-likeness (QED) is 0.713. The first-order valence-electron chi connectivity index (χ1n) is 6.47.